The van der Waals surface area contributed by atoms with Crippen LogP contribution in [0.5, 0.6) is 0 Å². The predicted molar refractivity (Wildman–Crippen MR) is 71.7 cm³/mol. The molecule has 0 bridgehead atoms. The highest BCUT2D eigenvalue weighted by Gasteiger charge is 2.20. The van der Waals surface area contributed by atoms with Crippen LogP contribution < -0.4 is 10.6 Å². The van der Waals surface area contributed by atoms with Gasteiger partial charge in [-0.25, -0.2) is 4.98 Å². The molecular weight excluding hydrogens is 228 g/mol. The normalized spacial score (nSPS) is 17.2. The van der Waals surface area contributed by atoms with Crippen LogP contribution in [0.1, 0.15) is 24.2 Å². The van der Waals surface area contributed by atoms with E-state index in [1.165, 1.54) is 0 Å². The molecule has 2 rings (SSSR count). The van der Waals surface area contributed by atoms with Crippen LogP contribution in [0.15, 0.2) is 6.20 Å². The largest absolute Gasteiger partial charge is 0.377 e. The lowest BCUT2D eigenvalue weighted by Crippen LogP contribution is -2.38. The third-order valence-corrected chi connectivity index (χ3v) is 3.42. The van der Waals surface area contributed by atoms with Crippen molar-refractivity contribution >= 4 is 5.82 Å². The number of aromatic nitrogens is 2. The van der Waals surface area contributed by atoms with Crippen molar-refractivity contribution in [3.63, 3.8) is 0 Å². The van der Waals surface area contributed by atoms with Gasteiger partial charge < -0.3 is 15.4 Å². The van der Waals surface area contributed by atoms with Crippen molar-refractivity contribution in [1.29, 1.82) is 0 Å². The molecule has 0 unspecified atom stereocenters. The van der Waals surface area contributed by atoms with Crippen molar-refractivity contribution in [2.24, 2.45) is 5.73 Å². The van der Waals surface area contributed by atoms with Gasteiger partial charge in [0, 0.05) is 19.6 Å². The maximum absolute atomic E-state index is 5.67. The van der Waals surface area contributed by atoms with E-state index in [0.29, 0.717) is 19.3 Å². The van der Waals surface area contributed by atoms with Crippen LogP contribution >= 0.6 is 0 Å². The van der Waals surface area contributed by atoms with Gasteiger partial charge in [-0.05, 0) is 26.7 Å². The quantitative estimate of drug-likeness (QED) is 0.865. The molecule has 0 spiro atoms. The molecule has 1 aliphatic rings. The minimum absolute atomic E-state index is 0.351. The lowest BCUT2D eigenvalue weighted by Gasteiger charge is -2.32. The Morgan fingerprint density at radius 3 is 2.67 bits per heavy atom. The van der Waals surface area contributed by atoms with Crippen molar-refractivity contribution in [2.45, 2.75) is 32.8 Å². The number of anilines is 1. The van der Waals surface area contributed by atoms with Crippen LogP contribution in [-0.2, 0) is 4.74 Å². The Morgan fingerprint density at radius 2 is 2.06 bits per heavy atom. The number of nitrogens with two attached hydrogens (primary N) is 1. The van der Waals surface area contributed by atoms with Gasteiger partial charge in [0.15, 0.2) is 0 Å². The topological polar surface area (TPSA) is 64.3 Å². The van der Waals surface area contributed by atoms with Gasteiger partial charge in [0.2, 0.25) is 0 Å². The summed E-state index contributed by atoms with van der Waals surface area (Å²) in [5.41, 5.74) is 7.45. The molecule has 0 radical (unpaired) electrons. The number of ether oxygens (including phenoxy) is 1. The average Bonchev–Trinajstić information content (AvgIpc) is 2.40. The minimum Gasteiger partial charge on any atom is -0.377 e. The molecule has 0 atom stereocenters. The zero-order chi connectivity index (χ0) is 13.0. The minimum atomic E-state index is 0.351. The van der Waals surface area contributed by atoms with E-state index in [0.717, 1.165) is 43.1 Å². The number of nitrogens with zero attached hydrogens (tertiary/aromatic N) is 3. The fourth-order valence-electron chi connectivity index (χ4n) is 2.17. The van der Waals surface area contributed by atoms with Crippen LogP contribution in [0.25, 0.3) is 0 Å². The van der Waals surface area contributed by atoms with E-state index in [2.05, 4.69) is 14.9 Å². The number of aryl methyl sites for hydroxylation is 2. The van der Waals surface area contributed by atoms with Gasteiger partial charge in [0.1, 0.15) is 5.82 Å². The maximum atomic E-state index is 5.67. The highest BCUT2D eigenvalue weighted by atomic mass is 16.5. The highest BCUT2D eigenvalue weighted by molar-refractivity contribution is 5.38. The second-order valence-corrected chi connectivity index (χ2v) is 4.74. The highest BCUT2D eigenvalue weighted by Crippen LogP contribution is 2.19. The molecule has 18 heavy (non-hydrogen) atoms. The first kappa shape index (κ1) is 13.2. The molecule has 1 aromatic rings. The molecular formula is C13H22N4O. The molecule has 1 fully saturated rings. The van der Waals surface area contributed by atoms with E-state index in [4.69, 9.17) is 10.5 Å². The van der Waals surface area contributed by atoms with Crippen molar-refractivity contribution in [3.05, 3.63) is 17.6 Å². The third-order valence-electron chi connectivity index (χ3n) is 3.42. The summed E-state index contributed by atoms with van der Waals surface area (Å²) in [6.07, 6.45) is 4.29. The molecule has 0 aliphatic carbocycles. The van der Waals surface area contributed by atoms with Gasteiger partial charge in [-0.2, -0.15) is 0 Å². The second-order valence-electron chi connectivity index (χ2n) is 4.74. The molecule has 100 valence electrons. The monoisotopic (exact) mass is 250 g/mol. The van der Waals surface area contributed by atoms with Gasteiger partial charge in [-0.1, -0.05) is 0 Å². The first-order chi connectivity index (χ1) is 8.70. The number of hydrogen-bond donors (Lipinski definition) is 1. The van der Waals surface area contributed by atoms with Crippen molar-refractivity contribution in [3.8, 4) is 0 Å². The molecule has 0 aromatic carbocycles. The van der Waals surface area contributed by atoms with Crippen LogP contribution in [0.3, 0.4) is 0 Å². The van der Waals surface area contributed by atoms with Crippen LogP contribution in [0, 0.1) is 13.8 Å². The molecule has 5 nitrogen and oxygen atoms in total. The van der Waals surface area contributed by atoms with E-state index in [1.54, 1.807) is 0 Å². The smallest absolute Gasteiger partial charge is 0.147 e. The summed E-state index contributed by atoms with van der Waals surface area (Å²) in [7, 11) is 0. The molecule has 1 saturated heterocycles. The summed E-state index contributed by atoms with van der Waals surface area (Å²) in [5.74, 6) is 0.982. The lowest BCUT2D eigenvalue weighted by molar-refractivity contribution is 0.0421. The van der Waals surface area contributed by atoms with Gasteiger partial charge in [-0.15, -0.1) is 0 Å². The summed E-state index contributed by atoms with van der Waals surface area (Å²) >= 11 is 0. The van der Waals surface area contributed by atoms with E-state index in [-0.39, 0.29) is 0 Å². The molecule has 5 heteroatoms. The molecule has 1 aromatic heterocycles. The number of piperidine rings is 1. The van der Waals surface area contributed by atoms with Gasteiger partial charge >= 0.3 is 0 Å². The second kappa shape index (κ2) is 6.11. The molecule has 2 heterocycles. The Labute approximate surface area is 108 Å². The van der Waals surface area contributed by atoms with Gasteiger partial charge in [-0.3, -0.25) is 4.98 Å². The standard InChI is InChI=1S/C13H22N4O/c1-10-11(2)16-13(9-15-10)17-6-3-12(4-7-17)18-8-5-14/h9,12H,3-8,14H2,1-2H3. The fourth-order valence-corrected chi connectivity index (χ4v) is 2.17. The van der Waals surface area contributed by atoms with E-state index < -0.39 is 0 Å². The Balaban J connectivity index is 1.90. The SMILES string of the molecule is Cc1ncc(N2CCC(OCCN)CC2)nc1C. The lowest BCUT2D eigenvalue weighted by atomic mass is 10.1. The van der Waals surface area contributed by atoms with Gasteiger partial charge in [0.25, 0.3) is 0 Å². The zero-order valence-electron chi connectivity index (χ0n) is 11.2. The number of hydrogen-bond acceptors (Lipinski definition) is 5. The summed E-state index contributed by atoms with van der Waals surface area (Å²) in [5, 5.41) is 0. The fraction of sp³-hybridized carbons (Fsp3) is 0.692. The predicted octanol–water partition coefficient (Wildman–Crippen LogP) is 1.04. The van der Waals surface area contributed by atoms with E-state index in [9.17, 15) is 0 Å². The van der Waals surface area contributed by atoms with E-state index >= 15 is 0 Å². The van der Waals surface area contributed by atoms with Crippen LogP contribution in [-0.4, -0.2) is 42.3 Å². The van der Waals surface area contributed by atoms with Crippen molar-refractivity contribution in [2.75, 3.05) is 31.1 Å². The van der Waals surface area contributed by atoms with Crippen molar-refractivity contribution < 1.29 is 4.74 Å². The Morgan fingerprint density at radius 1 is 1.33 bits per heavy atom. The summed E-state index contributed by atoms with van der Waals surface area (Å²) in [4.78, 5) is 11.2. The first-order valence-electron chi connectivity index (χ1n) is 6.57. The van der Waals surface area contributed by atoms with Crippen molar-refractivity contribution in [1.82, 2.24) is 9.97 Å². The first-order valence-corrected chi connectivity index (χ1v) is 6.57. The summed E-state index contributed by atoms with van der Waals surface area (Å²) < 4.78 is 5.67. The van der Waals surface area contributed by atoms with E-state index in [1.807, 2.05) is 20.0 Å². The third kappa shape index (κ3) is 3.17. The molecule has 1 aliphatic heterocycles. The zero-order valence-corrected chi connectivity index (χ0v) is 11.2. The summed E-state index contributed by atoms with van der Waals surface area (Å²) in [6.45, 7) is 7.21. The number of rotatable bonds is 4. The van der Waals surface area contributed by atoms with Gasteiger partial charge in [0.05, 0.1) is 30.3 Å². The Kier molecular flexibility index (Phi) is 4.49. The maximum Gasteiger partial charge on any atom is 0.147 e. The van der Waals surface area contributed by atoms with Crippen LogP contribution in [0.2, 0.25) is 0 Å². The Hall–Kier alpha value is -1.20. The average molecular weight is 250 g/mol. The summed E-state index contributed by atoms with van der Waals surface area (Å²) in [6, 6.07) is 0. The van der Waals surface area contributed by atoms with Crippen LogP contribution in [0.4, 0.5) is 5.82 Å². The molecule has 0 saturated carbocycles. The Bertz CT molecular complexity index is 389. The molecule has 2 N–H and O–H groups in total. The molecule has 0 amide bonds.